The Morgan fingerprint density at radius 2 is 1.75 bits per heavy atom. The van der Waals surface area contributed by atoms with E-state index in [-0.39, 0.29) is 6.04 Å². The zero-order chi connectivity index (χ0) is 17.4. The topological polar surface area (TPSA) is 61.4 Å². The fourth-order valence-corrected chi connectivity index (χ4v) is 3.26. The van der Waals surface area contributed by atoms with Crippen LogP contribution in [0, 0.1) is 0 Å². The van der Waals surface area contributed by atoms with Crippen LogP contribution in [0.3, 0.4) is 0 Å². The van der Waals surface area contributed by atoms with Gasteiger partial charge in [-0.1, -0.05) is 36.4 Å². The fourth-order valence-electron chi connectivity index (χ4n) is 2.33. The zero-order valence-electron chi connectivity index (χ0n) is 14.0. The molecule has 0 aliphatic heterocycles. The fraction of sp³-hybridized carbons (Fsp3) is 0.333. The van der Waals surface area contributed by atoms with Gasteiger partial charge in [0.2, 0.25) is 0 Å². The van der Waals surface area contributed by atoms with Crippen LogP contribution in [-0.2, 0) is 16.0 Å². The molecule has 2 rings (SSSR count). The third-order valence-electron chi connectivity index (χ3n) is 3.70. The molecule has 0 aliphatic rings. The van der Waals surface area contributed by atoms with Gasteiger partial charge in [0, 0.05) is 18.0 Å². The van der Waals surface area contributed by atoms with Crippen LogP contribution in [0.15, 0.2) is 47.8 Å². The third kappa shape index (κ3) is 5.47. The molecule has 0 fully saturated rings. The molecule has 1 atom stereocenters. The normalized spacial score (nSPS) is 12.0. The van der Waals surface area contributed by atoms with E-state index in [0.29, 0.717) is 19.5 Å². The summed E-state index contributed by atoms with van der Waals surface area (Å²) >= 11 is 1.64. The molecule has 0 saturated heterocycles. The molecule has 0 saturated carbocycles. The highest BCUT2D eigenvalue weighted by atomic mass is 32.1. The van der Waals surface area contributed by atoms with E-state index in [0.717, 1.165) is 10.4 Å². The van der Waals surface area contributed by atoms with Crippen LogP contribution in [0.5, 0.6) is 0 Å². The predicted octanol–water partition coefficient (Wildman–Crippen LogP) is 1.83. The van der Waals surface area contributed by atoms with Gasteiger partial charge in [0.1, 0.15) is 0 Å². The van der Waals surface area contributed by atoms with Crippen LogP contribution in [0.25, 0.3) is 0 Å². The zero-order valence-corrected chi connectivity index (χ0v) is 14.8. The van der Waals surface area contributed by atoms with Gasteiger partial charge < -0.3 is 15.5 Å². The molecular weight excluding hydrogens is 322 g/mol. The van der Waals surface area contributed by atoms with E-state index in [9.17, 15) is 9.59 Å². The standard InChI is InChI=1S/C18H23N3O2S/c1-21(2)15(16-9-6-12-24-16)13-20-18(23)17(22)19-11-10-14-7-4-3-5-8-14/h3-9,12,15H,10-11,13H2,1-2H3,(H,19,22)(H,20,23)/t15-/m1/s1. The molecule has 0 bridgehead atoms. The summed E-state index contributed by atoms with van der Waals surface area (Å²) < 4.78 is 0. The monoisotopic (exact) mass is 345 g/mol. The second-order valence-electron chi connectivity index (χ2n) is 5.70. The maximum atomic E-state index is 11.9. The average molecular weight is 345 g/mol. The molecule has 1 heterocycles. The Kier molecular flexibility index (Phi) is 6.96. The number of likely N-dealkylation sites (N-methyl/N-ethyl adjacent to an activating group) is 1. The van der Waals surface area contributed by atoms with E-state index < -0.39 is 11.8 Å². The molecule has 0 spiro atoms. The van der Waals surface area contributed by atoms with Crippen LogP contribution < -0.4 is 10.6 Å². The van der Waals surface area contributed by atoms with Gasteiger partial charge in [-0.25, -0.2) is 0 Å². The highest BCUT2D eigenvalue weighted by molar-refractivity contribution is 7.10. The number of rotatable bonds is 7. The molecule has 2 N–H and O–H groups in total. The molecule has 0 aliphatic carbocycles. The molecule has 5 nitrogen and oxygen atoms in total. The van der Waals surface area contributed by atoms with Crippen molar-refractivity contribution in [3.63, 3.8) is 0 Å². The number of hydrogen-bond donors (Lipinski definition) is 2. The van der Waals surface area contributed by atoms with Crippen molar-refractivity contribution in [1.29, 1.82) is 0 Å². The van der Waals surface area contributed by atoms with Crippen LogP contribution >= 0.6 is 11.3 Å². The molecule has 2 amide bonds. The largest absolute Gasteiger partial charge is 0.348 e. The Hall–Kier alpha value is -2.18. The summed E-state index contributed by atoms with van der Waals surface area (Å²) in [6, 6.07) is 13.9. The van der Waals surface area contributed by atoms with E-state index in [1.54, 1.807) is 11.3 Å². The second kappa shape index (κ2) is 9.20. The van der Waals surface area contributed by atoms with Gasteiger partial charge in [-0.3, -0.25) is 9.59 Å². The van der Waals surface area contributed by atoms with Crippen molar-refractivity contribution >= 4 is 23.2 Å². The Morgan fingerprint density at radius 3 is 2.38 bits per heavy atom. The van der Waals surface area contributed by atoms with E-state index in [1.807, 2.05) is 66.8 Å². The first-order chi connectivity index (χ1) is 11.6. The Bertz CT molecular complexity index is 642. The van der Waals surface area contributed by atoms with Gasteiger partial charge in [-0.05, 0) is 37.5 Å². The maximum absolute atomic E-state index is 11.9. The van der Waals surface area contributed by atoms with Crippen molar-refractivity contribution in [2.45, 2.75) is 12.5 Å². The van der Waals surface area contributed by atoms with E-state index in [1.165, 1.54) is 0 Å². The van der Waals surface area contributed by atoms with Crippen molar-refractivity contribution in [2.24, 2.45) is 0 Å². The molecule has 24 heavy (non-hydrogen) atoms. The van der Waals surface area contributed by atoms with Gasteiger partial charge in [0.15, 0.2) is 0 Å². The number of nitrogens with zero attached hydrogens (tertiary/aromatic N) is 1. The summed E-state index contributed by atoms with van der Waals surface area (Å²) in [7, 11) is 3.91. The molecule has 0 unspecified atom stereocenters. The minimum absolute atomic E-state index is 0.0612. The van der Waals surface area contributed by atoms with Crippen molar-refractivity contribution in [2.75, 3.05) is 27.2 Å². The highest BCUT2D eigenvalue weighted by Crippen LogP contribution is 2.22. The van der Waals surface area contributed by atoms with E-state index >= 15 is 0 Å². The number of carbonyl (C=O) groups excluding carboxylic acids is 2. The number of thiophene rings is 1. The summed E-state index contributed by atoms with van der Waals surface area (Å²) in [4.78, 5) is 27.0. The highest BCUT2D eigenvalue weighted by Gasteiger charge is 2.19. The average Bonchev–Trinajstić information content (AvgIpc) is 3.09. The maximum Gasteiger partial charge on any atom is 0.309 e. The van der Waals surface area contributed by atoms with Crippen molar-refractivity contribution in [1.82, 2.24) is 15.5 Å². The van der Waals surface area contributed by atoms with Crippen molar-refractivity contribution in [3.05, 3.63) is 58.3 Å². The molecular formula is C18H23N3O2S. The predicted molar refractivity (Wildman–Crippen MR) is 96.9 cm³/mol. The minimum Gasteiger partial charge on any atom is -0.348 e. The lowest BCUT2D eigenvalue weighted by Crippen LogP contribution is -2.43. The summed E-state index contributed by atoms with van der Waals surface area (Å²) in [5.74, 6) is -1.18. The molecule has 128 valence electrons. The molecule has 0 radical (unpaired) electrons. The quantitative estimate of drug-likeness (QED) is 0.753. The first kappa shape index (κ1) is 18.2. The number of carbonyl (C=O) groups is 2. The SMILES string of the molecule is CN(C)[C@H](CNC(=O)C(=O)NCCc1ccccc1)c1cccs1. The van der Waals surface area contributed by atoms with E-state index in [2.05, 4.69) is 10.6 Å². The van der Waals surface area contributed by atoms with E-state index in [4.69, 9.17) is 0 Å². The Morgan fingerprint density at radius 1 is 1.04 bits per heavy atom. The molecule has 2 aromatic rings. The van der Waals surface area contributed by atoms with Crippen LogP contribution in [-0.4, -0.2) is 43.9 Å². The summed E-state index contributed by atoms with van der Waals surface area (Å²) in [5, 5.41) is 7.38. The van der Waals surface area contributed by atoms with Gasteiger partial charge >= 0.3 is 11.8 Å². The first-order valence-electron chi connectivity index (χ1n) is 7.87. The lowest BCUT2D eigenvalue weighted by molar-refractivity contribution is -0.139. The second-order valence-corrected chi connectivity index (χ2v) is 6.68. The summed E-state index contributed by atoms with van der Waals surface area (Å²) in [6.45, 7) is 0.844. The summed E-state index contributed by atoms with van der Waals surface area (Å²) in [6.07, 6.45) is 0.704. The molecule has 1 aromatic carbocycles. The first-order valence-corrected chi connectivity index (χ1v) is 8.75. The smallest absolute Gasteiger partial charge is 0.309 e. The van der Waals surface area contributed by atoms with Crippen molar-refractivity contribution < 1.29 is 9.59 Å². The van der Waals surface area contributed by atoms with Gasteiger partial charge in [-0.15, -0.1) is 11.3 Å². The lowest BCUT2D eigenvalue weighted by atomic mass is 10.1. The van der Waals surface area contributed by atoms with Gasteiger partial charge in [-0.2, -0.15) is 0 Å². The minimum atomic E-state index is -0.591. The number of nitrogens with one attached hydrogen (secondary N) is 2. The summed E-state index contributed by atoms with van der Waals surface area (Å²) in [5.41, 5.74) is 1.13. The van der Waals surface area contributed by atoms with Gasteiger partial charge in [0.05, 0.1) is 6.04 Å². The Balaban J connectivity index is 1.75. The number of hydrogen-bond acceptors (Lipinski definition) is 4. The third-order valence-corrected chi connectivity index (χ3v) is 4.67. The number of amides is 2. The van der Waals surface area contributed by atoms with Crippen molar-refractivity contribution in [3.8, 4) is 0 Å². The van der Waals surface area contributed by atoms with Crippen LogP contribution in [0.4, 0.5) is 0 Å². The lowest BCUT2D eigenvalue weighted by Gasteiger charge is -2.23. The van der Waals surface area contributed by atoms with Gasteiger partial charge in [0.25, 0.3) is 0 Å². The molecule has 1 aromatic heterocycles. The number of benzene rings is 1. The van der Waals surface area contributed by atoms with Crippen LogP contribution in [0.2, 0.25) is 0 Å². The Labute approximate surface area is 146 Å². The van der Waals surface area contributed by atoms with Crippen LogP contribution in [0.1, 0.15) is 16.5 Å². The molecule has 6 heteroatoms.